The quantitative estimate of drug-likeness (QED) is 0.576. The number of fused-ring (bicyclic) bond motifs is 3. The maximum atomic E-state index is 12.9. The highest BCUT2D eigenvalue weighted by atomic mass is 16.5. The third kappa shape index (κ3) is 4.52. The van der Waals surface area contributed by atoms with Gasteiger partial charge in [0.25, 0.3) is 0 Å². The molecule has 34 heavy (non-hydrogen) atoms. The van der Waals surface area contributed by atoms with Crippen LogP contribution in [-0.4, -0.2) is 41.8 Å². The van der Waals surface area contributed by atoms with Crippen molar-refractivity contribution in [2.45, 2.75) is 56.5 Å². The number of amides is 2. The summed E-state index contributed by atoms with van der Waals surface area (Å²) in [5.41, 5.74) is 4.62. The summed E-state index contributed by atoms with van der Waals surface area (Å²) < 4.78 is 5.66. The molecule has 7 heteroatoms. The highest BCUT2D eigenvalue weighted by molar-refractivity contribution is 5.86. The van der Waals surface area contributed by atoms with E-state index in [0.29, 0.717) is 12.8 Å². The molecule has 0 saturated heterocycles. The molecule has 2 amide bonds. The van der Waals surface area contributed by atoms with Crippen molar-refractivity contribution < 1.29 is 24.2 Å². The average Bonchev–Trinajstić information content (AvgIpc) is 3.63. The largest absolute Gasteiger partial charge is 0.480 e. The van der Waals surface area contributed by atoms with Gasteiger partial charge in [-0.3, -0.25) is 4.79 Å². The number of rotatable bonds is 7. The molecule has 3 aliphatic carbocycles. The van der Waals surface area contributed by atoms with Crippen LogP contribution in [0, 0.1) is 11.8 Å². The number of hydrogen-bond donors (Lipinski definition) is 3. The van der Waals surface area contributed by atoms with Crippen molar-refractivity contribution in [2.24, 2.45) is 11.8 Å². The summed E-state index contributed by atoms with van der Waals surface area (Å²) in [6.45, 7) is 0.214. The predicted molar refractivity (Wildman–Crippen MR) is 126 cm³/mol. The molecule has 178 valence electrons. The monoisotopic (exact) mass is 462 g/mol. The van der Waals surface area contributed by atoms with Crippen molar-refractivity contribution in [1.29, 1.82) is 0 Å². The molecular weight excluding hydrogens is 432 g/mol. The van der Waals surface area contributed by atoms with Crippen LogP contribution in [0.4, 0.5) is 4.79 Å². The molecular formula is C27H30N2O5. The number of hydrogen-bond acceptors (Lipinski definition) is 4. The summed E-state index contributed by atoms with van der Waals surface area (Å²) in [7, 11) is 0. The van der Waals surface area contributed by atoms with Crippen LogP contribution in [0.3, 0.4) is 0 Å². The van der Waals surface area contributed by atoms with Gasteiger partial charge in [-0.1, -0.05) is 61.4 Å². The second-order valence-electron chi connectivity index (χ2n) is 9.63. The number of carbonyl (C=O) groups excluding carboxylic acids is 2. The molecule has 0 heterocycles. The Morgan fingerprint density at radius 3 is 2.15 bits per heavy atom. The molecule has 2 saturated carbocycles. The minimum Gasteiger partial charge on any atom is -0.480 e. The van der Waals surface area contributed by atoms with Gasteiger partial charge in [0.1, 0.15) is 12.6 Å². The number of nitrogens with one attached hydrogen (secondary N) is 2. The molecule has 1 unspecified atom stereocenters. The molecule has 0 aliphatic heterocycles. The maximum Gasteiger partial charge on any atom is 0.407 e. The van der Waals surface area contributed by atoms with Crippen LogP contribution >= 0.6 is 0 Å². The minimum absolute atomic E-state index is 0.0126. The Balaban J connectivity index is 1.21. The van der Waals surface area contributed by atoms with Crippen LogP contribution in [0.1, 0.15) is 55.6 Å². The highest BCUT2D eigenvalue weighted by Gasteiger charge is 2.40. The minimum atomic E-state index is -0.993. The van der Waals surface area contributed by atoms with Gasteiger partial charge in [0.15, 0.2) is 0 Å². The van der Waals surface area contributed by atoms with E-state index in [1.807, 2.05) is 24.3 Å². The van der Waals surface area contributed by atoms with Crippen LogP contribution in [-0.2, 0) is 14.3 Å². The Hall–Kier alpha value is -3.35. The van der Waals surface area contributed by atoms with E-state index in [4.69, 9.17) is 4.74 Å². The van der Waals surface area contributed by atoms with Gasteiger partial charge in [-0.05, 0) is 53.9 Å². The molecule has 0 aromatic heterocycles. The zero-order chi connectivity index (χ0) is 23.7. The second kappa shape index (κ2) is 9.49. The van der Waals surface area contributed by atoms with Crippen LogP contribution in [0.2, 0.25) is 0 Å². The highest BCUT2D eigenvalue weighted by Crippen LogP contribution is 2.44. The number of aliphatic carboxylic acids is 1. The van der Waals surface area contributed by atoms with Crippen molar-refractivity contribution in [1.82, 2.24) is 10.6 Å². The summed E-state index contributed by atoms with van der Waals surface area (Å²) >= 11 is 0. The van der Waals surface area contributed by atoms with Crippen LogP contribution in [0.15, 0.2) is 48.5 Å². The fourth-order valence-electron chi connectivity index (χ4n) is 5.48. The number of carboxylic acid groups (broad SMARTS) is 1. The molecule has 2 aromatic carbocycles. The van der Waals surface area contributed by atoms with Crippen molar-refractivity contribution in [3.8, 4) is 11.1 Å². The van der Waals surface area contributed by atoms with Gasteiger partial charge >= 0.3 is 12.1 Å². The molecule has 3 N–H and O–H groups in total. The fraction of sp³-hybridized carbons (Fsp3) is 0.444. The maximum absolute atomic E-state index is 12.9. The van der Waals surface area contributed by atoms with E-state index in [1.165, 1.54) is 11.1 Å². The van der Waals surface area contributed by atoms with Gasteiger partial charge in [0.05, 0.1) is 5.92 Å². The van der Waals surface area contributed by atoms with E-state index < -0.39 is 24.0 Å². The van der Waals surface area contributed by atoms with Crippen LogP contribution in [0.25, 0.3) is 11.1 Å². The van der Waals surface area contributed by atoms with E-state index in [-0.39, 0.29) is 30.4 Å². The first-order chi connectivity index (χ1) is 16.5. The average molecular weight is 463 g/mol. The third-order valence-electron chi connectivity index (χ3n) is 7.41. The van der Waals surface area contributed by atoms with Gasteiger partial charge in [-0.25, -0.2) is 9.59 Å². The smallest absolute Gasteiger partial charge is 0.407 e. The summed E-state index contributed by atoms with van der Waals surface area (Å²) in [6.07, 6.45) is 4.18. The standard InChI is InChI=1S/C27H30N2O5/c30-25(29-24(26(31)32)16-13-14-16)21-11-5-6-12-23(21)28-27(33)34-15-22-19-9-3-1-7-17(19)18-8-2-4-10-20(18)22/h1-4,7-10,16,21-24H,5-6,11-15H2,(H,28,33)(H,29,30)(H,31,32)/t21-,23+,24?/m0/s1. The van der Waals surface area contributed by atoms with Crippen molar-refractivity contribution in [3.05, 3.63) is 59.7 Å². The van der Waals surface area contributed by atoms with Gasteiger partial charge in [0, 0.05) is 12.0 Å². The van der Waals surface area contributed by atoms with Crippen molar-refractivity contribution in [3.63, 3.8) is 0 Å². The zero-order valence-electron chi connectivity index (χ0n) is 19.0. The molecule has 0 radical (unpaired) electrons. The summed E-state index contributed by atoms with van der Waals surface area (Å²) in [5.74, 6) is -1.75. The molecule has 3 aliphatic rings. The zero-order valence-corrected chi connectivity index (χ0v) is 19.0. The molecule has 0 bridgehead atoms. The number of carboxylic acids is 1. The number of carbonyl (C=O) groups is 3. The summed E-state index contributed by atoms with van der Waals surface area (Å²) in [6, 6.07) is 15.1. The summed E-state index contributed by atoms with van der Waals surface area (Å²) in [4.78, 5) is 37.2. The lowest BCUT2D eigenvalue weighted by molar-refractivity contribution is -0.143. The first-order valence-electron chi connectivity index (χ1n) is 12.2. The van der Waals surface area contributed by atoms with Gasteiger partial charge in [-0.15, -0.1) is 0 Å². The van der Waals surface area contributed by atoms with Gasteiger partial charge in [0.2, 0.25) is 5.91 Å². The van der Waals surface area contributed by atoms with Gasteiger partial charge < -0.3 is 20.5 Å². The van der Waals surface area contributed by atoms with E-state index in [0.717, 1.165) is 36.8 Å². The van der Waals surface area contributed by atoms with Crippen LogP contribution < -0.4 is 10.6 Å². The van der Waals surface area contributed by atoms with Crippen LogP contribution in [0.5, 0.6) is 0 Å². The Morgan fingerprint density at radius 2 is 1.53 bits per heavy atom. The fourth-order valence-corrected chi connectivity index (χ4v) is 5.48. The first-order valence-corrected chi connectivity index (χ1v) is 12.2. The number of ether oxygens (including phenoxy) is 1. The van der Waals surface area contributed by atoms with Crippen molar-refractivity contribution in [2.75, 3.05) is 6.61 Å². The third-order valence-corrected chi connectivity index (χ3v) is 7.41. The first kappa shape index (κ1) is 22.4. The SMILES string of the molecule is O=C(N[C@@H]1CCCC[C@@H]1C(=O)NC(C(=O)O)C1CC1)OCC1c2ccccc2-c2ccccc21. The molecule has 0 spiro atoms. The van der Waals surface area contributed by atoms with E-state index in [9.17, 15) is 19.5 Å². The molecule has 3 atom stereocenters. The second-order valence-corrected chi connectivity index (χ2v) is 9.63. The summed E-state index contributed by atoms with van der Waals surface area (Å²) in [5, 5.41) is 15.1. The number of benzene rings is 2. The predicted octanol–water partition coefficient (Wildman–Crippen LogP) is 4.06. The topological polar surface area (TPSA) is 105 Å². The van der Waals surface area contributed by atoms with E-state index in [2.05, 4.69) is 34.9 Å². The Labute approximate surface area is 198 Å². The van der Waals surface area contributed by atoms with Gasteiger partial charge in [-0.2, -0.15) is 0 Å². The lowest BCUT2D eigenvalue weighted by Gasteiger charge is -2.32. The van der Waals surface area contributed by atoms with Crippen molar-refractivity contribution >= 4 is 18.0 Å². The molecule has 7 nitrogen and oxygen atoms in total. The molecule has 2 fully saturated rings. The normalized spacial score (nSPS) is 22.2. The van der Waals surface area contributed by atoms with E-state index >= 15 is 0 Å². The molecule has 2 aromatic rings. The Morgan fingerprint density at radius 1 is 0.912 bits per heavy atom. The lowest BCUT2D eigenvalue weighted by Crippen LogP contribution is -2.52. The molecule has 5 rings (SSSR count). The lowest BCUT2D eigenvalue weighted by atomic mass is 9.83. The van der Waals surface area contributed by atoms with E-state index in [1.54, 1.807) is 0 Å². The Kier molecular flexibility index (Phi) is 6.26. The Bertz CT molecular complexity index is 1050. The number of alkyl carbamates (subject to hydrolysis) is 1.